The summed E-state index contributed by atoms with van der Waals surface area (Å²) in [4.78, 5) is 12.3. The molecule has 5 nitrogen and oxygen atoms in total. The van der Waals surface area contributed by atoms with Crippen LogP contribution in [0.15, 0.2) is 42.5 Å². The molecule has 0 unspecified atom stereocenters. The third kappa shape index (κ3) is 4.91. The third-order valence-corrected chi connectivity index (χ3v) is 5.06. The number of halogens is 2. The molecule has 0 radical (unpaired) electrons. The Morgan fingerprint density at radius 1 is 1.25 bits per heavy atom. The summed E-state index contributed by atoms with van der Waals surface area (Å²) in [6.45, 7) is 1.41. The summed E-state index contributed by atoms with van der Waals surface area (Å²) < 4.78 is 39.2. The lowest BCUT2D eigenvalue weighted by Crippen LogP contribution is -2.37. The molecule has 0 atom stereocenters. The van der Waals surface area contributed by atoms with Gasteiger partial charge >= 0.3 is 0 Å². The Bertz CT molecular complexity index is 871. The van der Waals surface area contributed by atoms with Gasteiger partial charge in [-0.3, -0.25) is 9.10 Å². The topological polar surface area (TPSA) is 66.5 Å². The third-order valence-electron chi connectivity index (χ3n) is 3.25. The average molecular weight is 462 g/mol. The molecular formula is C16H16FIN2O3S. The Morgan fingerprint density at radius 2 is 1.96 bits per heavy atom. The van der Waals surface area contributed by atoms with Gasteiger partial charge in [-0.25, -0.2) is 12.8 Å². The van der Waals surface area contributed by atoms with Crippen molar-refractivity contribution in [1.82, 2.24) is 0 Å². The van der Waals surface area contributed by atoms with Crippen LogP contribution in [0.2, 0.25) is 0 Å². The molecule has 0 saturated heterocycles. The largest absolute Gasteiger partial charge is 0.324 e. The van der Waals surface area contributed by atoms with Crippen LogP contribution in [0, 0.1) is 16.3 Å². The highest BCUT2D eigenvalue weighted by Crippen LogP contribution is 2.20. The van der Waals surface area contributed by atoms with Gasteiger partial charge in [0, 0.05) is 9.26 Å². The van der Waals surface area contributed by atoms with Crippen molar-refractivity contribution < 1.29 is 17.6 Å². The standard InChI is InChI=1S/C16H16FIN2O3S/c1-11-8-13(18)6-7-15(11)19-16(21)10-20(24(2,22)23)14-5-3-4-12(17)9-14/h3-9H,10H2,1-2H3,(H,19,21). The minimum absolute atomic E-state index is 0.104. The van der Waals surface area contributed by atoms with Crippen LogP contribution in [0.5, 0.6) is 0 Å². The molecule has 1 amide bonds. The van der Waals surface area contributed by atoms with Crippen LogP contribution in [0.4, 0.5) is 15.8 Å². The van der Waals surface area contributed by atoms with Crippen molar-refractivity contribution in [2.75, 3.05) is 22.4 Å². The van der Waals surface area contributed by atoms with Crippen LogP contribution >= 0.6 is 22.6 Å². The van der Waals surface area contributed by atoms with E-state index in [1.807, 2.05) is 19.1 Å². The Kier molecular flexibility index (Phi) is 5.81. The SMILES string of the molecule is Cc1cc(I)ccc1NC(=O)CN(c1cccc(F)c1)S(C)(=O)=O. The number of carbonyl (C=O) groups excluding carboxylic acids is 1. The van der Waals surface area contributed by atoms with E-state index >= 15 is 0 Å². The normalized spacial score (nSPS) is 11.2. The number of benzene rings is 2. The lowest BCUT2D eigenvalue weighted by atomic mass is 10.2. The van der Waals surface area contributed by atoms with E-state index in [1.165, 1.54) is 18.2 Å². The summed E-state index contributed by atoms with van der Waals surface area (Å²) in [7, 11) is -3.73. The number of nitrogens with one attached hydrogen (secondary N) is 1. The summed E-state index contributed by atoms with van der Waals surface area (Å²) in [5.74, 6) is -1.08. The first-order valence-corrected chi connectivity index (χ1v) is 9.89. The monoisotopic (exact) mass is 462 g/mol. The van der Waals surface area contributed by atoms with Gasteiger partial charge < -0.3 is 5.32 Å². The number of sulfonamides is 1. The number of carbonyl (C=O) groups is 1. The van der Waals surface area contributed by atoms with Crippen molar-refractivity contribution in [2.24, 2.45) is 0 Å². The fourth-order valence-electron chi connectivity index (χ4n) is 2.12. The van der Waals surface area contributed by atoms with Gasteiger partial charge in [0.25, 0.3) is 0 Å². The molecule has 1 N–H and O–H groups in total. The first-order chi connectivity index (χ1) is 11.2. The molecule has 2 aromatic carbocycles. The van der Waals surface area contributed by atoms with E-state index in [-0.39, 0.29) is 5.69 Å². The zero-order valence-corrected chi connectivity index (χ0v) is 16.1. The number of anilines is 2. The molecule has 0 spiro atoms. The molecule has 0 saturated carbocycles. The number of hydrogen-bond acceptors (Lipinski definition) is 3. The lowest BCUT2D eigenvalue weighted by molar-refractivity contribution is -0.114. The Balaban J connectivity index is 2.22. The van der Waals surface area contributed by atoms with Gasteiger partial charge in [-0.15, -0.1) is 0 Å². The van der Waals surface area contributed by atoms with Crippen molar-refractivity contribution in [1.29, 1.82) is 0 Å². The van der Waals surface area contributed by atoms with E-state index in [9.17, 15) is 17.6 Å². The van der Waals surface area contributed by atoms with Crippen molar-refractivity contribution in [3.8, 4) is 0 Å². The first kappa shape index (κ1) is 18.7. The van der Waals surface area contributed by atoms with E-state index in [1.54, 1.807) is 6.07 Å². The number of aryl methyl sites for hydroxylation is 1. The minimum atomic E-state index is -3.73. The Labute approximate surface area is 154 Å². The van der Waals surface area contributed by atoms with Crippen LogP contribution in [0.1, 0.15) is 5.56 Å². The number of amides is 1. The maximum Gasteiger partial charge on any atom is 0.245 e. The zero-order valence-electron chi connectivity index (χ0n) is 13.1. The molecule has 0 aliphatic carbocycles. The van der Waals surface area contributed by atoms with Crippen LogP contribution in [-0.2, 0) is 14.8 Å². The smallest absolute Gasteiger partial charge is 0.245 e. The second kappa shape index (κ2) is 7.47. The van der Waals surface area contributed by atoms with E-state index in [0.29, 0.717) is 5.69 Å². The summed E-state index contributed by atoms with van der Waals surface area (Å²) >= 11 is 2.16. The van der Waals surface area contributed by atoms with Gasteiger partial charge in [-0.1, -0.05) is 6.07 Å². The molecule has 0 aliphatic heterocycles. The molecule has 2 rings (SSSR count). The quantitative estimate of drug-likeness (QED) is 0.695. The van der Waals surface area contributed by atoms with E-state index in [4.69, 9.17) is 0 Å². The molecule has 0 aromatic heterocycles. The fourth-order valence-corrected chi connectivity index (χ4v) is 3.61. The van der Waals surface area contributed by atoms with Crippen molar-refractivity contribution in [3.63, 3.8) is 0 Å². The fraction of sp³-hybridized carbons (Fsp3) is 0.188. The van der Waals surface area contributed by atoms with Crippen molar-refractivity contribution in [3.05, 3.63) is 57.4 Å². The van der Waals surface area contributed by atoms with Gasteiger partial charge in [0.1, 0.15) is 12.4 Å². The van der Waals surface area contributed by atoms with E-state index < -0.39 is 28.3 Å². The van der Waals surface area contributed by atoms with Gasteiger partial charge in [0.15, 0.2) is 0 Å². The van der Waals surface area contributed by atoms with Crippen LogP contribution < -0.4 is 9.62 Å². The maximum absolute atomic E-state index is 13.4. The Hall–Kier alpha value is -1.68. The van der Waals surface area contributed by atoms with Crippen LogP contribution in [0.25, 0.3) is 0 Å². The predicted molar refractivity (Wildman–Crippen MR) is 101 cm³/mol. The highest BCUT2D eigenvalue weighted by atomic mass is 127. The average Bonchev–Trinajstić information content (AvgIpc) is 2.46. The van der Waals surface area contributed by atoms with Crippen LogP contribution in [0.3, 0.4) is 0 Å². The minimum Gasteiger partial charge on any atom is -0.324 e. The molecule has 0 fully saturated rings. The molecule has 0 heterocycles. The maximum atomic E-state index is 13.4. The number of nitrogens with zero attached hydrogens (tertiary/aromatic N) is 1. The van der Waals surface area contributed by atoms with Crippen LogP contribution in [-0.4, -0.2) is 27.1 Å². The molecule has 2 aromatic rings. The molecule has 0 aliphatic rings. The second-order valence-corrected chi connectivity index (χ2v) is 8.41. The van der Waals surface area contributed by atoms with Gasteiger partial charge in [-0.2, -0.15) is 0 Å². The number of rotatable bonds is 5. The first-order valence-electron chi connectivity index (χ1n) is 6.96. The summed E-state index contributed by atoms with van der Waals surface area (Å²) in [5, 5.41) is 2.68. The molecule has 8 heteroatoms. The van der Waals surface area contributed by atoms with Gasteiger partial charge in [-0.05, 0) is 71.5 Å². The van der Waals surface area contributed by atoms with E-state index in [0.717, 1.165) is 25.8 Å². The molecular weight excluding hydrogens is 446 g/mol. The highest BCUT2D eigenvalue weighted by molar-refractivity contribution is 14.1. The Morgan fingerprint density at radius 3 is 2.54 bits per heavy atom. The molecule has 128 valence electrons. The zero-order chi connectivity index (χ0) is 17.9. The molecule has 0 bridgehead atoms. The summed E-state index contributed by atoms with van der Waals surface area (Å²) in [5.41, 5.74) is 1.58. The van der Waals surface area contributed by atoms with Gasteiger partial charge in [0.05, 0.1) is 11.9 Å². The highest BCUT2D eigenvalue weighted by Gasteiger charge is 2.21. The lowest BCUT2D eigenvalue weighted by Gasteiger charge is -2.22. The summed E-state index contributed by atoms with van der Waals surface area (Å²) in [6, 6.07) is 10.6. The van der Waals surface area contributed by atoms with Crippen molar-refractivity contribution >= 4 is 49.9 Å². The summed E-state index contributed by atoms with van der Waals surface area (Å²) in [6.07, 6.45) is 0.974. The molecule has 24 heavy (non-hydrogen) atoms. The van der Waals surface area contributed by atoms with Crippen molar-refractivity contribution in [2.45, 2.75) is 6.92 Å². The second-order valence-electron chi connectivity index (χ2n) is 5.26. The predicted octanol–water partition coefficient (Wildman–Crippen LogP) is 3.14. The number of hydrogen-bond donors (Lipinski definition) is 1. The van der Waals surface area contributed by atoms with E-state index in [2.05, 4.69) is 27.9 Å². The van der Waals surface area contributed by atoms with Gasteiger partial charge in [0.2, 0.25) is 15.9 Å².